The average Bonchev–Trinajstić information content (AvgIpc) is 2.46. The number of rotatable bonds is 0. The summed E-state index contributed by atoms with van der Waals surface area (Å²) in [5.74, 6) is 0. The Labute approximate surface area is 73.5 Å². The van der Waals surface area contributed by atoms with Gasteiger partial charge < -0.3 is 0 Å². The molecule has 1 saturated heterocycles. The van der Waals surface area contributed by atoms with Crippen molar-refractivity contribution in [2.24, 2.45) is 5.41 Å². The molecule has 2 atom stereocenters. The molecule has 0 aromatic rings. The van der Waals surface area contributed by atoms with Crippen molar-refractivity contribution >= 4 is 0 Å². The molecule has 0 radical (unpaired) electrons. The van der Waals surface area contributed by atoms with E-state index in [1.54, 1.807) is 0 Å². The van der Waals surface area contributed by atoms with E-state index in [0.717, 1.165) is 12.8 Å². The fraction of sp³-hybridized carbons (Fsp3) is 0.800. The largest absolute Gasteiger partial charge is 0.228 e. The molecule has 0 unspecified atom stereocenters. The first-order chi connectivity index (χ1) is 5.56. The van der Waals surface area contributed by atoms with Gasteiger partial charge in [-0.1, -0.05) is 26.8 Å². The molecule has 1 heterocycles. The SMILES string of the molecule is CC(C)(C)C=C1[C@@H]2CC[C@H]1OO2. The van der Waals surface area contributed by atoms with E-state index < -0.39 is 0 Å². The average molecular weight is 168 g/mol. The fourth-order valence-corrected chi connectivity index (χ4v) is 1.87. The van der Waals surface area contributed by atoms with Crippen LogP contribution in [-0.4, -0.2) is 12.2 Å². The van der Waals surface area contributed by atoms with E-state index in [-0.39, 0.29) is 17.6 Å². The summed E-state index contributed by atoms with van der Waals surface area (Å²) in [5.41, 5.74) is 1.61. The molecule has 0 spiro atoms. The van der Waals surface area contributed by atoms with Crippen molar-refractivity contribution in [2.45, 2.75) is 45.8 Å². The molecule has 2 rings (SSSR count). The lowest BCUT2D eigenvalue weighted by atomic mass is 9.92. The Kier molecular flexibility index (Phi) is 1.77. The zero-order chi connectivity index (χ0) is 8.77. The highest BCUT2D eigenvalue weighted by molar-refractivity contribution is 5.23. The lowest BCUT2D eigenvalue weighted by Gasteiger charge is -2.13. The molecular weight excluding hydrogens is 152 g/mol. The highest BCUT2D eigenvalue weighted by Crippen LogP contribution is 2.39. The van der Waals surface area contributed by atoms with E-state index >= 15 is 0 Å². The first-order valence-corrected chi connectivity index (χ1v) is 4.61. The van der Waals surface area contributed by atoms with Crippen LogP contribution in [0, 0.1) is 5.41 Å². The van der Waals surface area contributed by atoms with Gasteiger partial charge in [0, 0.05) is 0 Å². The summed E-state index contributed by atoms with van der Waals surface area (Å²) in [6, 6.07) is 0. The third-order valence-corrected chi connectivity index (χ3v) is 2.32. The van der Waals surface area contributed by atoms with Crippen LogP contribution in [0.3, 0.4) is 0 Å². The van der Waals surface area contributed by atoms with Gasteiger partial charge in [0.2, 0.25) is 0 Å². The molecular formula is C10H16O2. The Morgan fingerprint density at radius 3 is 2.00 bits per heavy atom. The van der Waals surface area contributed by atoms with Gasteiger partial charge in [0.1, 0.15) is 12.2 Å². The van der Waals surface area contributed by atoms with Crippen LogP contribution in [0.15, 0.2) is 11.6 Å². The van der Waals surface area contributed by atoms with Crippen LogP contribution in [0.2, 0.25) is 0 Å². The van der Waals surface area contributed by atoms with Crippen LogP contribution in [0.4, 0.5) is 0 Å². The van der Waals surface area contributed by atoms with Gasteiger partial charge in [0.15, 0.2) is 0 Å². The second-order valence-corrected chi connectivity index (χ2v) is 4.76. The Morgan fingerprint density at radius 1 is 1.17 bits per heavy atom. The molecule has 2 fully saturated rings. The maximum Gasteiger partial charge on any atom is 0.117 e. The molecule has 0 amide bonds. The predicted octanol–water partition coefficient (Wildman–Crippen LogP) is 2.45. The van der Waals surface area contributed by atoms with E-state index in [4.69, 9.17) is 9.78 Å². The summed E-state index contributed by atoms with van der Waals surface area (Å²) in [6.45, 7) is 6.62. The quantitative estimate of drug-likeness (QED) is 0.408. The minimum Gasteiger partial charge on any atom is -0.228 e. The van der Waals surface area contributed by atoms with E-state index in [0.29, 0.717) is 0 Å². The standard InChI is InChI=1S/C10H16O2/c1-10(2,3)6-7-8-4-5-9(7)12-11-8/h6,8-9H,4-5H2,1-3H3/t8-,9+. The topological polar surface area (TPSA) is 18.5 Å². The molecule has 1 aliphatic carbocycles. The Bertz CT molecular complexity index is 190. The Balaban J connectivity index is 2.19. The molecule has 68 valence electrons. The lowest BCUT2D eigenvalue weighted by Crippen LogP contribution is -2.07. The molecule has 2 aliphatic rings. The molecule has 0 aromatic carbocycles. The normalized spacial score (nSPS) is 38.1. The summed E-state index contributed by atoms with van der Waals surface area (Å²) >= 11 is 0. The highest BCUT2D eigenvalue weighted by atomic mass is 17.2. The van der Waals surface area contributed by atoms with Crippen molar-refractivity contribution in [3.05, 3.63) is 11.6 Å². The van der Waals surface area contributed by atoms with Crippen molar-refractivity contribution in [1.82, 2.24) is 0 Å². The predicted molar refractivity (Wildman–Crippen MR) is 46.5 cm³/mol. The van der Waals surface area contributed by atoms with Gasteiger partial charge in [-0.2, -0.15) is 0 Å². The highest BCUT2D eigenvalue weighted by Gasteiger charge is 2.40. The van der Waals surface area contributed by atoms with Crippen LogP contribution in [0.1, 0.15) is 33.6 Å². The molecule has 12 heavy (non-hydrogen) atoms. The number of hydrogen-bond acceptors (Lipinski definition) is 2. The number of hydrogen-bond donors (Lipinski definition) is 0. The zero-order valence-corrected chi connectivity index (χ0v) is 7.96. The first-order valence-electron chi connectivity index (χ1n) is 4.61. The molecule has 0 N–H and O–H groups in total. The minimum atomic E-state index is 0.243. The second-order valence-electron chi connectivity index (χ2n) is 4.76. The third-order valence-electron chi connectivity index (χ3n) is 2.32. The number of fused-ring (bicyclic) bond motifs is 2. The second kappa shape index (κ2) is 2.57. The van der Waals surface area contributed by atoms with Crippen molar-refractivity contribution in [1.29, 1.82) is 0 Å². The van der Waals surface area contributed by atoms with E-state index in [9.17, 15) is 0 Å². The smallest absolute Gasteiger partial charge is 0.117 e. The van der Waals surface area contributed by atoms with E-state index in [1.165, 1.54) is 5.57 Å². The van der Waals surface area contributed by atoms with Gasteiger partial charge in [-0.3, -0.25) is 0 Å². The van der Waals surface area contributed by atoms with Crippen molar-refractivity contribution in [3.8, 4) is 0 Å². The summed E-state index contributed by atoms with van der Waals surface area (Å²) in [5, 5.41) is 0. The van der Waals surface area contributed by atoms with Crippen molar-refractivity contribution < 1.29 is 9.78 Å². The third kappa shape index (κ3) is 1.41. The van der Waals surface area contributed by atoms with Crippen LogP contribution in [0.25, 0.3) is 0 Å². The fourth-order valence-electron chi connectivity index (χ4n) is 1.87. The van der Waals surface area contributed by atoms with E-state index in [1.807, 2.05) is 0 Å². The summed E-state index contributed by atoms with van der Waals surface area (Å²) in [4.78, 5) is 10.3. The van der Waals surface area contributed by atoms with Crippen molar-refractivity contribution in [2.75, 3.05) is 0 Å². The molecule has 2 nitrogen and oxygen atoms in total. The Hall–Kier alpha value is -0.340. The minimum absolute atomic E-state index is 0.243. The van der Waals surface area contributed by atoms with Crippen LogP contribution >= 0.6 is 0 Å². The van der Waals surface area contributed by atoms with Gasteiger partial charge in [-0.15, -0.1) is 0 Å². The monoisotopic (exact) mass is 168 g/mol. The van der Waals surface area contributed by atoms with Gasteiger partial charge in [-0.25, -0.2) is 9.78 Å². The first kappa shape index (κ1) is 8.27. The lowest BCUT2D eigenvalue weighted by molar-refractivity contribution is -0.315. The maximum atomic E-state index is 5.14. The maximum absolute atomic E-state index is 5.14. The van der Waals surface area contributed by atoms with Gasteiger partial charge in [-0.05, 0) is 23.8 Å². The molecule has 2 bridgehead atoms. The zero-order valence-electron chi connectivity index (χ0n) is 7.96. The summed E-state index contributed by atoms with van der Waals surface area (Å²) in [7, 11) is 0. The summed E-state index contributed by atoms with van der Waals surface area (Å²) in [6.07, 6.45) is 5.07. The van der Waals surface area contributed by atoms with Gasteiger partial charge in [0.25, 0.3) is 0 Å². The van der Waals surface area contributed by atoms with E-state index in [2.05, 4.69) is 26.8 Å². The molecule has 1 saturated carbocycles. The van der Waals surface area contributed by atoms with Crippen LogP contribution in [0.5, 0.6) is 0 Å². The molecule has 2 heteroatoms. The van der Waals surface area contributed by atoms with Crippen molar-refractivity contribution in [3.63, 3.8) is 0 Å². The van der Waals surface area contributed by atoms with Gasteiger partial charge in [0.05, 0.1) is 0 Å². The number of allylic oxidation sites excluding steroid dienone is 1. The molecule has 1 aliphatic heterocycles. The van der Waals surface area contributed by atoms with Crippen LogP contribution < -0.4 is 0 Å². The summed E-state index contributed by atoms with van der Waals surface area (Å²) < 4.78 is 0. The Morgan fingerprint density at radius 2 is 1.67 bits per heavy atom. The molecule has 0 aromatic heterocycles. The van der Waals surface area contributed by atoms with Crippen LogP contribution in [-0.2, 0) is 9.78 Å². The van der Waals surface area contributed by atoms with Gasteiger partial charge >= 0.3 is 0 Å².